The van der Waals surface area contributed by atoms with Gasteiger partial charge in [-0.2, -0.15) is 9.29 Å². The molecule has 0 bridgehead atoms. The molecule has 10 heteroatoms. The lowest BCUT2D eigenvalue weighted by Gasteiger charge is -2.35. The number of likely N-dealkylation sites (N-methyl/N-ethyl adjacent to an activating group) is 1. The van der Waals surface area contributed by atoms with Crippen molar-refractivity contribution in [3.63, 3.8) is 0 Å². The molecule has 0 unspecified atom stereocenters. The smallest absolute Gasteiger partial charge is 0.238 e. The molecule has 1 aromatic rings. The third-order valence-corrected chi connectivity index (χ3v) is 6.36. The number of amides is 1. The fourth-order valence-corrected chi connectivity index (χ4v) is 3.69. The SMILES string of the molecule is Cc1cc(N2CCCC2)nc(N2CCN(C(=O)CN(C)S(C)(=O)=O)CC2)n1. The highest BCUT2D eigenvalue weighted by molar-refractivity contribution is 7.88. The third-order valence-electron chi connectivity index (χ3n) is 5.10. The summed E-state index contributed by atoms with van der Waals surface area (Å²) in [6.07, 6.45) is 3.49. The van der Waals surface area contributed by atoms with Crippen LogP contribution in [0.5, 0.6) is 0 Å². The molecule has 1 amide bonds. The Morgan fingerprint density at radius 2 is 1.70 bits per heavy atom. The molecule has 0 aromatic carbocycles. The van der Waals surface area contributed by atoms with E-state index in [0.717, 1.165) is 35.2 Å². The van der Waals surface area contributed by atoms with E-state index < -0.39 is 10.0 Å². The van der Waals surface area contributed by atoms with Gasteiger partial charge in [0, 0.05) is 58.1 Å². The fraction of sp³-hybridized carbons (Fsp3) is 0.706. The molecule has 3 heterocycles. The molecule has 27 heavy (non-hydrogen) atoms. The number of nitrogens with zero attached hydrogens (tertiary/aromatic N) is 6. The highest BCUT2D eigenvalue weighted by atomic mass is 32.2. The molecule has 2 fully saturated rings. The summed E-state index contributed by atoms with van der Waals surface area (Å²) in [7, 11) is -1.94. The van der Waals surface area contributed by atoms with E-state index in [4.69, 9.17) is 4.98 Å². The average molecular weight is 397 g/mol. The van der Waals surface area contributed by atoms with Crippen LogP contribution in [0.2, 0.25) is 0 Å². The van der Waals surface area contributed by atoms with E-state index in [1.54, 1.807) is 4.90 Å². The molecular formula is C17H28N6O3S. The minimum absolute atomic E-state index is 0.126. The summed E-state index contributed by atoms with van der Waals surface area (Å²) < 4.78 is 24.0. The molecule has 2 aliphatic heterocycles. The van der Waals surface area contributed by atoms with E-state index in [0.29, 0.717) is 32.1 Å². The normalized spacial score (nSPS) is 18.4. The van der Waals surface area contributed by atoms with Crippen LogP contribution in [0.3, 0.4) is 0 Å². The maximum atomic E-state index is 12.3. The summed E-state index contributed by atoms with van der Waals surface area (Å²) in [5.74, 6) is 1.51. The van der Waals surface area contributed by atoms with Gasteiger partial charge in [0.2, 0.25) is 21.9 Å². The second-order valence-electron chi connectivity index (χ2n) is 7.25. The maximum absolute atomic E-state index is 12.3. The van der Waals surface area contributed by atoms with E-state index in [2.05, 4.69) is 14.8 Å². The van der Waals surface area contributed by atoms with E-state index in [-0.39, 0.29) is 12.5 Å². The molecule has 0 aliphatic carbocycles. The molecule has 0 atom stereocenters. The Labute approximate surface area is 161 Å². The molecular weight excluding hydrogens is 368 g/mol. The van der Waals surface area contributed by atoms with Crippen LogP contribution < -0.4 is 9.80 Å². The van der Waals surface area contributed by atoms with Crippen molar-refractivity contribution in [1.29, 1.82) is 0 Å². The number of sulfonamides is 1. The predicted octanol–water partition coefficient (Wildman–Crippen LogP) is -0.0748. The van der Waals surface area contributed by atoms with Gasteiger partial charge in [0.1, 0.15) is 5.82 Å². The Balaban J connectivity index is 1.61. The third kappa shape index (κ3) is 4.86. The van der Waals surface area contributed by atoms with Gasteiger partial charge >= 0.3 is 0 Å². The second kappa shape index (κ2) is 7.97. The van der Waals surface area contributed by atoms with Crippen LogP contribution in [0.1, 0.15) is 18.5 Å². The van der Waals surface area contributed by atoms with Gasteiger partial charge in [-0.15, -0.1) is 0 Å². The minimum atomic E-state index is -3.36. The number of carbonyl (C=O) groups is 1. The van der Waals surface area contributed by atoms with Crippen LogP contribution in [0.25, 0.3) is 0 Å². The lowest BCUT2D eigenvalue weighted by molar-refractivity contribution is -0.131. The van der Waals surface area contributed by atoms with Crippen molar-refractivity contribution in [3.05, 3.63) is 11.8 Å². The molecule has 150 valence electrons. The first-order valence-electron chi connectivity index (χ1n) is 9.29. The monoisotopic (exact) mass is 396 g/mol. The number of aromatic nitrogens is 2. The maximum Gasteiger partial charge on any atom is 0.238 e. The van der Waals surface area contributed by atoms with Gasteiger partial charge in [-0.25, -0.2) is 13.4 Å². The van der Waals surface area contributed by atoms with Crippen molar-refractivity contribution >= 4 is 27.7 Å². The molecule has 0 spiro atoms. The van der Waals surface area contributed by atoms with Gasteiger partial charge in [0.25, 0.3) is 0 Å². The summed E-state index contributed by atoms with van der Waals surface area (Å²) >= 11 is 0. The molecule has 0 saturated carbocycles. The van der Waals surface area contributed by atoms with Gasteiger partial charge in [-0.1, -0.05) is 0 Å². The highest BCUT2D eigenvalue weighted by Gasteiger charge is 2.26. The van der Waals surface area contributed by atoms with Gasteiger partial charge in [-0.3, -0.25) is 4.79 Å². The summed E-state index contributed by atoms with van der Waals surface area (Å²) in [5.41, 5.74) is 0.940. The largest absolute Gasteiger partial charge is 0.356 e. The van der Waals surface area contributed by atoms with Crippen molar-refractivity contribution in [2.24, 2.45) is 0 Å². The Bertz CT molecular complexity index is 786. The average Bonchev–Trinajstić information content (AvgIpc) is 3.15. The number of anilines is 2. The van der Waals surface area contributed by atoms with E-state index in [1.165, 1.54) is 19.9 Å². The summed E-state index contributed by atoms with van der Waals surface area (Å²) in [6, 6.07) is 2.02. The quantitative estimate of drug-likeness (QED) is 0.688. The predicted molar refractivity (Wildman–Crippen MR) is 104 cm³/mol. The van der Waals surface area contributed by atoms with Crippen molar-refractivity contribution in [3.8, 4) is 0 Å². The number of carbonyl (C=O) groups excluding carboxylic acids is 1. The Hall–Kier alpha value is -1.94. The topological polar surface area (TPSA) is 90.0 Å². The zero-order valence-electron chi connectivity index (χ0n) is 16.3. The zero-order valence-corrected chi connectivity index (χ0v) is 17.1. The number of hydrogen-bond acceptors (Lipinski definition) is 7. The van der Waals surface area contributed by atoms with E-state index in [1.807, 2.05) is 13.0 Å². The Morgan fingerprint density at radius 3 is 2.30 bits per heavy atom. The standard InChI is InChI=1S/C17H28N6O3S/c1-14-12-15(21-6-4-5-7-21)19-17(18-14)23-10-8-22(9-11-23)16(24)13-20(2)27(3,25)26/h12H,4-11,13H2,1-3H3. The number of rotatable bonds is 5. The molecule has 9 nitrogen and oxygen atoms in total. The van der Waals surface area contributed by atoms with Crippen LogP contribution >= 0.6 is 0 Å². The lowest BCUT2D eigenvalue weighted by atomic mass is 10.3. The van der Waals surface area contributed by atoms with Crippen LogP contribution in [-0.2, 0) is 14.8 Å². The van der Waals surface area contributed by atoms with Gasteiger partial charge in [0.05, 0.1) is 12.8 Å². The van der Waals surface area contributed by atoms with Crippen molar-refractivity contribution in [2.75, 3.05) is 68.9 Å². The van der Waals surface area contributed by atoms with Crippen LogP contribution in [0, 0.1) is 6.92 Å². The Morgan fingerprint density at radius 1 is 1.07 bits per heavy atom. The first-order valence-corrected chi connectivity index (χ1v) is 11.1. The van der Waals surface area contributed by atoms with E-state index in [9.17, 15) is 13.2 Å². The first-order chi connectivity index (χ1) is 12.7. The summed E-state index contributed by atoms with van der Waals surface area (Å²) in [6.45, 7) is 6.26. The zero-order chi connectivity index (χ0) is 19.6. The molecule has 3 rings (SSSR count). The Kier molecular flexibility index (Phi) is 5.85. The lowest BCUT2D eigenvalue weighted by Crippen LogP contribution is -2.51. The first kappa shape index (κ1) is 19.8. The fourth-order valence-electron chi connectivity index (χ4n) is 3.35. The number of piperazine rings is 1. The summed E-state index contributed by atoms with van der Waals surface area (Å²) in [5, 5.41) is 0. The molecule has 0 radical (unpaired) electrons. The second-order valence-corrected chi connectivity index (χ2v) is 9.34. The van der Waals surface area contributed by atoms with Crippen molar-refractivity contribution < 1.29 is 13.2 Å². The molecule has 1 aromatic heterocycles. The van der Waals surface area contributed by atoms with E-state index >= 15 is 0 Å². The highest BCUT2D eigenvalue weighted by Crippen LogP contribution is 2.22. The van der Waals surface area contributed by atoms with Gasteiger partial charge in [0.15, 0.2) is 0 Å². The van der Waals surface area contributed by atoms with Crippen molar-refractivity contribution in [1.82, 2.24) is 19.2 Å². The summed E-state index contributed by atoms with van der Waals surface area (Å²) in [4.78, 5) is 27.7. The number of hydrogen-bond donors (Lipinski definition) is 0. The molecule has 0 N–H and O–H groups in total. The van der Waals surface area contributed by atoms with Crippen LogP contribution in [0.15, 0.2) is 6.07 Å². The molecule has 2 saturated heterocycles. The van der Waals surface area contributed by atoms with Crippen molar-refractivity contribution in [2.45, 2.75) is 19.8 Å². The molecule has 2 aliphatic rings. The van der Waals surface area contributed by atoms with Gasteiger partial charge < -0.3 is 14.7 Å². The van der Waals surface area contributed by atoms with Gasteiger partial charge in [-0.05, 0) is 19.8 Å². The minimum Gasteiger partial charge on any atom is -0.356 e. The van der Waals surface area contributed by atoms with Crippen LogP contribution in [-0.4, -0.2) is 92.6 Å². The van der Waals surface area contributed by atoms with Crippen LogP contribution in [0.4, 0.5) is 11.8 Å². The number of aryl methyl sites for hydroxylation is 1.